The molecule has 2 fully saturated rings. The first-order chi connectivity index (χ1) is 16.2. The van der Waals surface area contributed by atoms with E-state index in [4.69, 9.17) is 9.97 Å². The van der Waals surface area contributed by atoms with Crippen LogP contribution < -0.4 is 15.6 Å². The number of aliphatic imine (C=N–C) groups is 1. The molecule has 1 amide bonds. The molecule has 0 spiro atoms. The van der Waals surface area contributed by atoms with Gasteiger partial charge in [-0.1, -0.05) is 12.8 Å². The number of nitrogens with zero attached hydrogens (tertiary/aromatic N) is 6. The molecule has 2 aromatic heterocycles. The number of hydrazine groups is 1. The van der Waals surface area contributed by atoms with Gasteiger partial charge in [0.2, 0.25) is 5.95 Å². The highest BCUT2D eigenvalue weighted by atomic mass is 32.2. The number of hydrogen-bond donors (Lipinski definition) is 3. The number of hydrogen-bond acceptors (Lipinski definition) is 9. The Morgan fingerprint density at radius 3 is 2.88 bits per heavy atom. The Morgan fingerprint density at radius 2 is 2.03 bits per heavy atom. The van der Waals surface area contributed by atoms with Gasteiger partial charge in [-0.2, -0.15) is 10.1 Å². The number of anilines is 3. The van der Waals surface area contributed by atoms with E-state index in [1.165, 1.54) is 48.9 Å². The van der Waals surface area contributed by atoms with Gasteiger partial charge in [0.15, 0.2) is 5.82 Å². The summed E-state index contributed by atoms with van der Waals surface area (Å²) < 4.78 is 1.74. The number of aromatic nitrogens is 4. The van der Waals surface area contributed by atoms with E-state index < -0.39 is 0 Å². The quantitative estimate of drug-likeness (QED) is 0.556. The van der Waals surface area contributed by atoms with Crippen molar-refractivity contribution in [3.05, 3.63) is 23.0 Å². The maximum atomic E-state index is 13.0. The highest BCUT2D eigenvalue weighted by Crippen LogP contribution is 2.35. The van der Waals surface area contributed by atoms with Crippen LogP contribution in [0.4, 0.5) is 17.6 Å². The molecule has 4 heterocycles. The van der Waals surface area contributed by atoms with Crippen molar-refractivity contribution >= 4 is 41.0 Å². The molecule has 2 aromatic rings. The Kier molecular flexibility index (Phi) is 5.67. The van der Waals surface area contributed by atoms with Crippen molar-refractivity contribution < 1.29 is 4.79 Å². The Morgan fingerprint density at radius 1 is 1.12 bits per heavy atom. The molecule has 2 aliphatic heterocycles. The molecule has 10 nitrogen and oxygen atoms in total. The van der Waals surface area contributed by atoms with Gasteiger partial charge in [0.25, 0.3) is 5.91 Å². The van der Waals surface area contributed by atoms with Crippen LogP contribution in [0.5, 0.6) is 0 Å². The Hall–Kier alpha value is -2.66. The van der Waals surface area contributed by atoms with Crippen molar-refractivity contribution in [3.63, 3.8) is 0 Å². The zero-order chi connectivity index (χ0) is 22.2. The summed E-state index contributed by atoms with van der Waals surface area (Å²) in [4.78, 5) is 29.0. The fourth-order valence-corrected chi connectivity index (χ4v) is 5.91. The largest absolute Gasteiger partial charge is 0.329 e. The fraction of sp³-hybridized carbons (Fsp3) is 0.591. The van der Waals surface area contributed by atoms with E-state index >= 15 is 0 Å². The van der Waals surface area contributed by atoms with Crippen LogP contribution in [-0.2, 0) is 17.6 Å². The van der Waals surface area contributed by atoms with Gasteiger partial charge in [0, 0.05) is 29.8 Å². The third-order valence-electron chi connectivity index (χ3n) is 7.07. The molecular weight excluding hydrogens is 438 g/mol. The van der Waals surface area contributed by atoms with Gasteiger partial charge in [-0.3, -0.25) is 20.3 Å². The van der Waals surface area contributed by atoms with Gasteiger partial charge in [-0.15, -0.1) is 4.41 Å². The van der Waals surface area contributed by atoms with Crippen molar-refractivity contribution in [2.45, 2.75) is 69.7 Å². The van der Waals surface area contributed by atoms with Gasteiger partial charge >= 0.3 is 0 Å². The van der Waals surface area contributed by atoms with Gasteiger partial charge in [0.05, 0.1) is 11.2 Å². The SMILES string of the molecule is O=C(NN1CN=CS1)[C@@H]1CCCN1c1nc2c(c(Nc3cc(C4CCCC4)[nH]n3)n1)CCC2. The van der Waals surface area contributed by atoms with Crippen LogP contribution in [-0.4, -0.2) is 55.3 Å². The second-order valence-corrected chi connectivity index (χ2v) is 10.1. The van der Waals surface area contributed by atoms with Crippen LogP contribution >= 0.6 is 11.9 Å². The van der Waals surface area contributed by atoms with Crippen molar-refractivity contribution in [2.75, 3.05) is 23.4 Å². The van der Waals surface area contributed by atoms with Crippen molar-refractivity contribution in [2.24, 2.45) is 4.99 Å². The molecule has 2 aliphatic carbocycles. The van der Waals surface area contributed by atoms with Gasteiger partial charge in [0.1, 0.15) is 18.5 Å². The average Bonchev–Trinajstić information content (AvgIpc) is 3.64. The first-order valence-electron chi connectivity index (χ1n) is 12.0. The Bertz CT molecular complexity index is 1060. The molecule has 174 valence electrons. The average molecular weight is 468 g/mol. The maximum Gasteiger partial charge on any atom is 0.257 e. The van der Waals surface area contributed by atoms with Gasteiger partial charge in [-0.25, -0.2) is 4.98 Å². The van der Waals surface area contributed by atoms with E-state index in [2.05, 4.69) is 36.9 Å². The molecule has 11 heteroatoms. The minimum absolute atomic E-state index is 0.0300. The minimum Gasteiger partial charge on any atom is -0.329 e. The predicted molar refractivity (Wildman–Crippen MR) is 128 cm³/mol. The summed E-state index contributed by atoms with van der Waals surface area (Å²) in [6.45, 7) is 1.24. The normalized spacial score (nSPS) is 22.9. The van der Waals surface area contributed by atoms with Crippen LogP contribution in [0.1, 0.15) is 67.8 Å². The number of H-pyrrole nitrogens is 1. The highest BCUT2D eigenvalue weighted by Gasteiger charge is 2.35. The molecule has 1 atom stereocenters. The molecule has 0 aromatic carbocycles. The maximum absolute atomic E-state index is 13.0. The number of nitrogens with one attached hydrogen (secondary N) is 3. The molecule has 33 heavy (non-hydrogen) atoms. The predicted octanol–water partition coefficient (Wildman–Crippen LogP) is 3.04. The minimum atomic E-state index is -0.280. The fourth-order valence-electron chi connectivity index (χ4n) is 5.39. The first kappa shape index (κ1) is 20.9. The van der Waals surface area contributed by atoms with Crippen molar-refractivity contribution in [3.8, 4) is 0 Å². The summed E-state index contributed by atoms with van der Waals surface area (Å²) in [5.41, 5.74) is 8.17. The van der Waals surface area contributed by atoms with E-state index in [0.29, 0.717) is 18.5 Å². The number of fused-ring (bicyclic) bond motifs is 1. The van der Waals surface area contributed by atoms with Crippen LogP contribution in [0.3, 0.4) is 0 Å². The van der Waals surface area contributed by atoms with Crippen molar-refractivity contribution in [1.29, 1.82) is 0 Å². The zero-order valence-corrected chi connectivity index (χ0v) is 19.4. The number of aryl methyl sites for hydroxylation is 1. The standard InChI is InChI=1S/C22H29N9OS/c32-21(29-31-12-23-13-33-31)18-9-4-10-30(18)22-24-16-8-3-7-15(16)20(26-22)25-19-11-17(27-28-19)14-5-1-2-6-14/h11,13-14,18H,1-10,12H2,(H,29,32)(H2,24,25,26,27,28)/t18-/m0/s1. The third kappa shape index (κ3) is 4.19. The topological polar surface area (TPSA) is 114 Å². The molecule has 1 saturated heterocycles. The van der Waals surface area contributed by atoms with Crippen LogP contribution in [0.2, 0.25) is 0 Å². The van der Waals surface area contributed by atoms with Crippen LogP contribution in [0.15, 0.2) is 11.1 Å². The lowest BCUT2D eigenvalue weighted by Gasteiger charge is -2.26. The molecule has 1 saturated carbocycles. The molecule has 0 radical (unpaired) electrons. The van der Waals surface area contributed by atoms with E-state index in [0.717, 1.165) is 56.0 Å². The Labute approximate surface area is 197 Å². The first-order valence-corrected chi connectivity index (χ1v) is 12.8. The summed E-state index contributed by atoms with van der Waals surface area (Å²) in [6.07, 6.45) is 9.77. The summed E-state index contributed by atoms with van der Waals surface area (Å²) in [6, 6.07) is 1.85. The highest BCUT2D eigenvalue weighted by molar-refractivity contribution is 8.10. The molecule has 6 rings (SSSR count). The van der Waals surface area contributed by atoms with Crippen LogP contribution in [0.25, 0.3) is 0 Å². The third-order valence-corrected chi connectivity index (χ3v) is 7.77. The zero-order valence-electron chi connectivity index (χ0n) is 18.6. The summed E-state index contributed by atoms with van der Waals surface area (Å²) in [5.74, 6) is 2.82. The van der Waals surface area contributed by atoms with E-state index in [1.807, 2.05) is 0 Å². The van der Waals surface area contributed by atoms with E-state index in [1.54, 1.807) is 9.96 Å². The lowest BCUT2D eigenvalue weighted by atomic mass is 10.0. The number of carbonyl (C=O) groups is 1. The number of carbonyl (C=O) groups excluding carboxylic acids is 1. The van der Waals surface area contributed by atoms with Gasteiger partial charge < -0.3 is 10.2 Å². The molecule has 0 unspecified atom stereocenters. The van der Waals surface area contributed by atoms with Gasteiger partial charge in [-0.05, 0) is 56.9 Å². The second-order valence-electron chi connectivity index (χ2n) is 9.21. The lowest BCUT2D eigenvalue weighted by molar-refractivity contribution is -0.124. The Balaban J connectivity index is 1.23. The molecule has 0 bridgehead atoms. The second kappa shape index (κ2) is 8.94. The lowest BCUT2D eigenvalue weighted by Crippen LogP contribution is -2.48. The number of aromatic amines is 1. The molecule has 4 aliphatic rings. The number of rotatable bonds is 6. The van der Waals surface area contributed by atoms with E-state index in [-0.39, 0.29) is 11.9 Å². The summed E-state index contributed by atoms with van der Waals surface area (Å²) in [5, 5.41) is 11.2. The number of amides is 1. The molecule has 3 N–H and O–H groups in total. The monoisotopic (exact) mass is 467 g/mol. The van der Waals surface area contributed by atoms with Crippen molar-refractivity contribution in [1.82, 2.24) is 30.0 Å². The summed E-state index contributed by atoms with van der Waals surface area (Å²) in [7, 11) is 0. The summed E-state index contributed by atoms with van der Waals surface area (Å²) >= 11 is 1.40. The molecular formula is C22H29N9OS. The van der Waals surface area contributed by atoms with E-state index in [9.17, 15) is 4.79 Å². The van der Waals surface area contributed by atoms with Crippen LogP contribution in [0, 0.1) is 0 Å². The smallest absolute Gasteiger partial charge is 0.257 e.